The molecule has 0 aromatic heterocycles. The van der Waals surface area contributed by atoms with E-state index in [1.807, 2.05) is 0 Å². The standard InChI is InChI=1S/C10H6BrF2NO/c1-6-4-8(13)9(5-7(6)12)14-10(15)2-3-11/h4-5H,1H3,(H,14,15). The highest BCUT2D eigenvalue weighted by atomic mass is 79.9. The summed E-state index contributed by atoms with van der Waals surface area (Å²) < 4.78 is 26.2. The van der Waals surface area contributed by atoms with Crippen LogP contribution in [0.3, 0.4) is 0 Å². The van der Waals surface area contributed by atoms with Crippen molar-refractivity contribution in [2.24, 2.45) is 0 Å². The number of benzene rings is 1. The van der Waals surface area contributed by atoms with Crippen molar-refractivity contribution in [3.8, 4) is 10.8 Å². The van der Waals surface area contributed by atoms with E-state index in [4.69, 9.17) is 0 Å². The van der Waals surface area contributed by atoms with Gasteiger partial charge >= 0.3 is 5.91 Å². The molecule has 78 valence electrons. The highest BCUT2D eigenvalue weighted by Crippen LogP contribution is 2.18. The lowest BCUT2D eigenvalue weighted by molar-refractivity contribution is -0.111. The number of nitrogens with one attached hydrogen (secondary N) is 1. The van der Waals surface area contributed by atoms with Gasteiger partial charge in [-0.15, -0.1) is 0 Å². The minimum atomic E-state index is -0.714. The third-order valence-electron chi connectivity index (χ3n) is 1.66. The molecule has 2 nitrogen and oxygen atoms in total. The van der Waals surface area contributed by atoms with Crippen LogP contribution in [0.5, 0.6) is 0 Å². The third kappa shape index (κ3) is 3.03. The fraction of sp³-hybridized carbons (Fsp3) is 0.100. The first-order chi connectivity index (χ1) is 7.04. The number of hydrogen-bond donors (Lipinski definition) is 1. The molecule has 0 aliphatic carbocycles. The lowest BCUT2D eigenvalue weighted by Gasteiger charge is -2.04. The van der Waals surface area contributed by atoms with Crippen LogP contribution in [-0.4, -0.2) is 5.91 Å². The van der Waals surface area contributed by atoms with Gasteiger partial charge in [-0.3, -0.25) is 4.79 Å². The number of aryl methyl sites for hydroxylation is 1. The molecule has 0 heterocycles. The van der Waals surface area contributed by atoms with Gasteiger partial charge < -0.3 is 5.32 Å². The van der Waals surface area contributed by atoms with Crippen molar-refractivity contribution in [3.63, 3.8) is 0 Å². The molecule has 0 atom stereocenters. The maximum Gasteiger partial charge on any atom is 0.301 e. The minimum Gasteiger partial charge on any atom is -0.312 e. The fourth-order valence-electron chi connectivity index (χ4n) is 0.939. The molecule has 0 saturated heterocycles. The van der Waals surface area contributed by atoms with E-state index in [-0.39, 0.29) is 11.3 Å². The van der Waals surface area contributed by atoms with Crippen LogP contribution >= 0.6 is 15.9 Å². The molecular weight excluding hydrogens is 268 g/mol. The summed E-state index contributed by atoms with van der Waals surface area (Å²) in [5, 5.41) is 2.12. The summed E-state index contributed by atoms with van der Waals surface area (Å²) >= 11 is 2.72. The first-order valence-electron chi connectivity index (χ1n) is 3.93. The van der Waals surface area contributed by atoms with Gasteiger partial charge in [0.1, 0.15) is 11.6 Å². The fourth-order valence-corrected chi connectivity index (χ4v) is 1.12. The van der Waals surface area contributed by atoms with Gasteiger partial charge in [0.15, 0.2) is 0 Å². The summed E-state index contributed by atoms with van der Waals surface area (Å²) in [6.07, 6.45) is 0. The van der Waals surface area contributed by atoms with E-state index in [1.165, 1.54) is 6.92 Å². The number of carbonyl (C=O) groups excluding carboxylic acids is 1. The van der Waals surface area contributed by atoms with E-state index in [9.17, 15) is 13.6 Å². The first kappa shape index (κ1) is 11.7. The topological polar surface area (TPSA) is 29.1 Å². The summed E-state index contributed by atoms with van der Waals surface area (Å²) in [7, 11) is 0. The SMILES string of the molecule is Cc1cc(F)c(NC(=O)C#CBr)cc1F. The van der Waals surface area contributed by atoms with Crippen molar-refractivity contribution >= 4 is 27.5 Å². The van der Waals surface area contributed by atoms with Gasteiger partial charge in [-0.25, -0.2) is 8.78 Å². The largest absolute Gasteiger partial charge is 0.312 e. The van der Waals surface area contributed by atoms with Gasteiger partial charge in [0.25, 0.3) is 0 Å². The molecule has 0 radical (unpaired) electrons. The summed E-state index contributed by atoms with van der Waals surface area (Å²) in [4.78, 5) is 13.1. The molecule has 1 amide bonds. The molecular formula is C10H6BrF2NO. The average Bonchev–Trinajstić information content (AvgIpc) is 2.14. The van der Waals surface area contributed by atoms with Gasteiger partial charge in [0.05, 0.1) is 5.69 Å². The zero-order chi connectivity index (χ0) is 11.4. The van der Waals surface area contributed by atoms with E-state index in [2.05, 4.69) is 32.0 Å². The summed E-state index contributed by atoms with van der Waals surface area (Å²) in [6, 6.07) is 1.92. The number of halogens is 3. The second-order valence-electron chi connectivity index (χ2n) is 2.75. The molecule has 0 bridgehead atoms. The van der Waals surface area contributed by atoms with Crippen LogP contribution in [0.4, 0.5) is 14.5 Å². The monoisotopic (exact) mass is 273 g/mol. The van der Waals surface area contributed by atoms with Crippen LogP contribution < -0.4 is 5.32 Å². The molecule has 1 N–H and O–H groups in total. The number of amides is 1. The highest BCUT2D eigenvalue weighted by Gasteiger charge is 2.08. The van der Waals surface area contributed by atoms with Gasteiger partial charge in [-0.05, 0) is 23.4 Å². The number of rotatable bonds is 1. The maximum atomic E-state index is 13.2. The van der Waals surface area contributed by atoms with Crippen LogP contribution in [0.2, 0.25) is 0 Å². The highest BCUT2D eigenvalue weighted by molar-refractivity contribution is 9.12. The molecule has 0 aliphatic rings. The van der Waals surface area contributed by atoms with Crippen LogP contribution in [0.15, 0.2) is 12.1 Å². The van der Waals surface area contributed by atoms with E-state index in [1.54, 1.807) is 0 Å². The van der Waals surface area contributed by atoms with Crippen molar-refractivity contribution in [2.45, 2.75) is 6.92 Å². The molecule has 0 aliphatic heterocycles. The molecule has 15 heavy (non-hydrogen) atoms. The molecule has 0 saturated carbocycles. The average molecular weight is 274 g/mol. The molecule has 0 unspecified atom stereocenters. The Morgan fingerprint density at radius 2 is 2.07 bits per heavy atom. The summed E-state index contributed by atoms with van der Waals surface area (Å²) in [5.41, 5.74) is -0.0459. The Labute approximate surface area is 93.8 Å². The molecule has 1 aromatic carbocycles. The molecule has 0 fully saturated rings. The van der Waals surface area contributed by atoms with Crippen molar-refractivity contribution in [1.29, 1.82) is 0 Å². The van der Waals surface area contributed by atoms with Gasteiger partial charge in [0, 0.05) is 27.9 Å². The zero-order valence-corrected chi connectivity index (χ0v) is 9.28. The maximum absolute atomic E-state index is 13.2. The predicted molar refractivity (Wildman–Crippen MR) is 56.4 cm³/mol. The van der Waals surface area contributed by atoms with Crippen LogP contribution in [0.25, 0.3) is 0 Å². The Morgan fingerprint density at radius 3 is 2.67 bits per heavy atom. The smallest absolute Gasteiger partial charge is 0.301 e. The molecule has 5 heteroatoms. The third-order valence-corrected chi connectivity index (χ3v) is 1.86. The summed E-state index contributed by atoms with van der Waals surface area (Å²) in [6.45, 7) is 1.43. The van der Waals surface area contributed by atoms with Crippen LogP contribution in [0, 0.1) is 29.3 Å². The van der Waals surface area contributed by atoms with E-state index < -0.39 is 17.5 Å². The molecule has 1 aromatic rings. The van der Waals surface area contributed by atoms with Gasteiger partial charge in [-0.1, -0.05) is 0 Å². The van der Waals surface area contributed by atoms with Crippen LogP contribution in [0.1, 0.15) is 5.56 Å². The molecule has 1 rings (SSSR count). The Morgan fingerprint density at radius 1 is 1.40 bits per heavy atom. The Bertz CT molecular complexity index is 462. The number of anilines is 1. The first-order valence-corrected chi connectivity index (χ1v) is 4.72. The normalized spacial score (nSPS) is 9.07. The van der Waals surface area contributed by atoms with Crippen molar-refractivity contribution in [3.05, 3.63) is 29.3 Å². The Kier molecular flexibility index (Phi) is 3.81. The minimum absolute atomic E-state index is 0.178. The lowest BCUT2D eigenvalue weighted by atomic mass is 10.2. The van der Waals surface area contributed by atoms with Crippen molar-refractivity contribution < 1.29 is 13.6 Å². The second-order valence-corrected chi connectivity index (χ2v) is 3.15. The molecule has 0 spiro atoms. The predicted octanol–water partition coefficient (Wildman–Crippen LogP) is 2.57. The summed E-state index contributed by atoms with van der Waals surface area (Å²) in [5.74, 6) is 0.0885. The number of hydrogen-bond acceptors (Lipinski definition) is 1. The van der Waals surface area contributed by atoms with Gasteiger partial charge in [0.2, 0.25) is 0 Å². The van der Waals surface area contributed by atoms with E-state index >= 15 is 0 Å². The van der Waals surface area contributed by atoms with Crippen LogP contribution in [-0.2, 0) is 4.79 Å². The van der Waals surface area contributed by atoms with Crippen molar-refractivity contribution in [2.75, 3.05) is 5.32 Å². The van der Waals surface area contributed by atoms with Crippen molar-refractivity contribution in [1.82, 2.24) is 0 Å². The van der Waals surface area contributed by atoms with E-state index in [0.29, 0.717) is 0 Å². The second kappa shape index (κ2) is 4.89. The van der Waals surface area contributed by atoms with Gasteiger partial charge in [-0.2, -0.15) is 0 Å². The lowest BCUT2D eigenvalue weighted by Crippen LogP contribution is -2.10. The Hall–Kier alpha value is -1.41. The number of carbonyl (C=O) groups is 1. The van der Waals surface area contributed by atoms with E-state index in [0.717, 1.165) is 12.1 Å². The quantitative estimate of drug-likeness (QED) is 0.783. The Balaban J connectivity index is 2.99. The zero-order valence-electron chi connectivity index (χ0n) is 7.70.